The van der Waals surface area contributed by atoms with Gasteiger partial charge in [-0.3, -0.25) is 4.79 Å². The Morgan fingerprint density at radius 3 is 2.31 bits per heavy atom. The third-order valence-corrected chi connectivity index (χ3v) is 6.25. The van der Waals surface area contributed by atoms with Gasteiger partial charge in [0.15, 0.2) is 0 Å². The monoisotopic (exact) mass is 572 g/mol. The highest BCUT2D eigenvalue weighted by Crippen LogP contribution is 2.14. The highest BCUT2D eigenvalue weighted by molar-refractivity contribution is 5.94. The fourth-order valence-electron chi connectivity index (χ4n) is 4.11. The predicted octanol–water partition coefficient (Wildman–Crippen LogP) is 3.40. The number of ether oxygens (including phenoxy) is 1. The van der Waals surface area contributed by atoms with Gasteiger partial charge in [0.05, 0.1) is 17.6 Å². The Morgan fingerprint density at radius 1 is 0.905 bits per heavy atom. The first-order valence-corrected chi connectivity index (χ1v) is 13.4. The zero-order valence-corrected chi connectivity index (χ0v) is 23.0. The molecule has 4 amide bonds. The Morgan fingerprint density at radius 2 is 1.62 bits per heavy atom. The molecule has 1 heterocycles. The van der Waals surface area contributed by atoms with Crippen molar-refractivity contribution in [3.8, 4) is 0 Å². The Bertz CT molecular complexity index is 1490. The minimum absolute atomic E-state index is 0.0203. The van der Waals surface area contributed by atoms with Crippen molar-refractivity contribution in [3.05, 3.63) is 101 Å². The largest absolute Gasteiger partial charge is 0.480 e. The Balaban J connectivity index is 1.32. The van der Waals surface area contributed by atoms with Crippen LogP contribution in [0.25, 0.3) is 11.0 Å². The quantitative estimate of drug-likeness (QED) is 0.173. The normalized spacial score (nSPS) is 11.4. The third-order valence-electron chi connectivity index (χ3n) is 6.25. The van der Waals surface area contributed by atoms with Crippen molar-refractivity contribution >= 4 is 35.0 Å². The molecule has 5 N–H and O–H groups in total. The molecule has 0 saturated carbocycles. The lowest BCUT2D eigenvalue weighted by atomic mass is 10.1. The van der Waals surface area contributed by atoms with Crippen LogP contribution in [0.4, 0.5) is 9.59 Å². The summed E-state index contributed by atoms with van der Waals surface area (Å²) < 4.78 is 5.07. The van der Waals surface area contributed by atoms with Gasteiger partial charge in [0.1, 0.15) is 18.5 Å². The lowest BCUT2D eigenvalue weighted by Gasteiger charge is -2.22. The number of imidazole rings is 1. The van der Waals surface area contributed by atoms with E-state index in [0.29, 0.717) is 12.4 Å². The molecule has 0 spiro atoms. The van der Waals surface area contributed by atoms with Crippen LogP contribution in [0.5, 0.6) is 0 Å². The van der Waals surface area contributed by atoms with Crippen molar-refractivity contribution < 1.29 is 29.0 Å². The summed E-state index contributed by atoms with van der Waals surface area (Å²) in [6.07, 6.45) is -0.913. The molecule has 0 aliphatic heterocycles. The average molecular weight is 573 g/mol. The highest BCUT2D eigenvalue weighted by atomic mass is 16.5. The van der Waals surface area contributed by atoms with Crippen LogP contribution in [-0.4, -0.2) is 63.1 Å². The fourth-order valence-corrected chi connectivity index (χ4v) is 4.11. The molecule has 1 unspecified atom stereocenters. The van der Waals surface area contributed by atoms with Gasteiger partial charge in [0.2, 0.25) is 0 Å². The number of H-pyrrole nitrogens is 1. The van der Waals surface area contributed by atoms with E-state index in [9.17, 15) is 24.3 Å². The van der Waals surface area contributed by atoms with E-state index in [-0.39, 0.29) is 37.8 Å². The number of nitrogens with one attached hydrogen (secondary N) is 4. The molecule has 0 aliphatic rings. The molecule has 12 heteroatoms. The molecule has 42 heavy (non-hydrogen) atoms. The summed E-state index contributed by atoms with van der Waals surface area (Å²) in [6, 6.07) is 21.5. The zero-order valence-electron chi connectivity index (χ0n) is 23.0. The molecule has 218 valence electrons. The summed E-state index contributed by atoms with van der Waals surface area (Å²) in [5.74, 6) is -1.20. The van der Waals surface area contributed by atoms with Gasteiger partial charge in [-0.1, -0.05) is 54.6 Å². The Hall–Kier alpha value is -5.39. The molecule has 4 rings (SSSR count). The van der Waals surface area contributed by atoms with Gasteiger partial charge in [0.25, 0.3) is 5.91 Å². The highest BCUT2D eigenvalue weighted by Gasteiger charge is 2.22. The van der Waals surface area contributed by atoms with Gasteiger partial charge in [-0.05, 0) is 42.3 Å². The van der Waals surface area contributed by atoms with E-state index in [1.165, 1.54) is 0 Å². The van der Waals surface area contributed by atoms with Crippen LogP contribution in [0.1, 0.15) is 34.2 Å². The molecular formula is C30H32N6O6. The molecule has 1 aromatic heterocycles. The minimum Gasteiger partial charge on any atom is -0.480 e. The Labute approximate surface area is 242 Å². The summed E-state index contributed by atoms with van der Waals surface area (Å²) in [4.78, 5) is 58.5. The van der Waals surface area contributed by atoms with Crippen molar-refractivity contribution in [1.82, 2.24) is 30.8 Å². The van der Waals surface area contributed by atoms with E-state index in [1.54, 1.807) is 53.4 Å². The summed E-state index contributed by atoms with van der Waals surface area (Å²) in [6.45, 7) is 2.45. The van der Waals surface area contributed by atoms with Crippen LogP contribution >= 0.6 is 0 Å². The number of para-hydroxylation sites is 2. The first-order valence-electron chi connectivity index (χ1n) is 13.4. The maximum Gasteiger partial charge on any atom is 0.408 e. The number of carboxylic acids is 1. The smallest absolute Gasteiger partial charge is 0.408 e. The molecular weight excluding hydrogens is 540 g/mol. The summed E-state index contributed by atoms with van der Waals surface area (Å²) in [7, 11) is 0. The predicted molar refractivity (Wildman–Crippen MR) is 154 cm³/mol. The van der Waals surface area contributed by atoms with Gasteiger partial charge in [-0.15, -0.1) is 0 Å². The van der Waals surface area contributed by atoms with Gasteiger partial charge >= 0.3 is 18.1 Å². The average Bonchev–Trinajstić information content (AvgIpc) is 3.41. The van der Waals surface area contributed by atoms with Crippen LogP contribution in [-0.2, 0) is 29.2 Å². The number of hydrogen-bond donors (Lipinski definition) is 5. The second kappa shape index (κ2) is 14.3. The standard InChI is InChI=1S/C30H32N6O6/c1-2-31-29(40)36(18-26-33-23-10-6-7-11-24(23)34-26)17-20-12-14-22(15-13-20)27(37)32-16-25(28(38)39)35-30(41)42-19-21-8-4-3-5-9-21/h3-15,25H,2,16-19H2,1H3,(H,31,40)(H,32,37)(H,33,34)(H,35,41)(H,38,39). The van der Waals surface area contributed by atoms with E-state index in [2.05, 4.69) is 25.9 Å². The topological polar surface area (TPSA) is 166 Å². The number of rotatable bonds is 12. The van der Waals surface area contributed by atoms with Gasteiger partial charge in [-0.25, -0.2) is 19.4 Å². The number of alkyl carbamates (subject to hydrolysis) is 1. The minimum atomic E-state index is -1.39. The molecule has 0 aliphatic carbocycles. The molecule has 0 fully saturated rings. The maximum atomic E-state index is 12.8. The molecule has 4 aromatic rings. The van der Waals surface area contributed by atoms with Crippen molar-refractivity contribution in [2.45, 2.75) is 32.7 Å². The SMILES string of the molecule is CCNC(=O)N(Cc1ccc(C(=O)NCC(NC(=O)OCc2ccccc2)C(=O)O)cc1)Cc1nc2ccccc2[nH]1. The summed E-state index contributed by atoms with van der Waals surface area (Å²) >= 11 is 0. The molecule has 0 saturated heterocycles. The number of fused-ring (bicyclic) bond motifs is 1. The van der Waals surface area contributed by atoms with Crippen molar-refractivity contribution in [1.29, 1.82) is 0 Å². The number of aromatic nitrogens is 2. The number of amides is 4. The van der Waals surface area contributed by atoms with Crippen LogP contribution < -0.4 is 16.0 Å². The second-order valence-corrected chi connectivity index (χ2v) is 9.40. The van der Waals surface area contributed by atoms with Gasteiger partial charge in [-0.2, -0.15) is 0 Å². The van der Waals surface area contributed by atoms with Gasteiger partial charge in [0, 0.05) is 25.2 Å². The number of carbonyl (C=O) groups is 4. The van der Waals surface area contributed by atoms with Crippen LogP contribution in [0, 0.1) is 0 Å². The van der Waals surface area contributed by atoms with E-state index in [4.69, 9.17) is 4.74 Å². The van der Waals surface area contributed by atoms with Crippen molar-refractivity contribution in [2.24, 2.45) is 0 Å². The van der Waals surface area contributed by atoms with E-state index >= 15 is 0 Å². The van der Waals surface area contributed by atoms with Crippen molar-refractivity contribution in [3.63, 3.8) is 0 Å². The second-order valence-electron chi connectivity index (χ2n) is 9.40. The molecule has 3 aromatic carbocycles. The van der Waals surface area contributed by atoms with E-state index < -0.39 is 24.0 Å². The number of aromatic amines is 1. The lowest BCUT2D eigenvalue weighted by Crippen LogP contribution is -2.48. The maximum absolute atomic E-state index is 12.8. The van der Waals surface area contributed by atoms with Crippen LogP contribution in [0.3, 0.4) is 0 Å². The molecule has 0 bridgehead atoms. The number of benzene rings is 3. The van der Waals surface area contributed by atoms with Crippen LogP contribution in [0.2, 0.25) is 0 Å². The third kappa shape index (κ3) is 8.31. The number of carbonyl (C=O) groups excluding carboxylic acids is 3. The lowest BCUT2D eigenvalue weighted by molar-refractivity contribution is -0.139. The van der Waals surface area contributed by atoms with Crippen LogP contribution in [0.15, 0.2) is 78.9 Å². The first-order chi connectivity index (χ1) is 20.3. The first kappa shape index (κ1) is 29.6. The number of hydrogen-bond acceptors (Lipinski definition) is 6. The molecule has 1 atom stereocenters. The number of carboxylic acid groups (broad SMARTS) is 1. The molecule has 12 nitrogen and oxygen atoms in total. The van der Waals surface area contributed by atoms with Crippen molar-refractivity contribution in [2.75, 3.05) is 13.1 Å². The van der Waals surface area contributed by atoms with E-state index in [1.807, 2.05) is 37.3 Å². The van der Waals surface area contributed by atoms with E-state index in [0.717, 1.165) is 22.2 Å². The number of aliphatic carboxylic acids is 1. The number of nitrogens with zero attached hydrogens (tertiary/aromatic N) is 2. The van der Waals surface area contributed by atoms with Gasteiger partial charge < -0.3 is 35.7 Å². The molecule has 0 radical (unpaired) electrons. The summed E-state index contributed by atoms with van der Waals surface area (Å²) in [5.41, 5.74) is 3.50. The summed E-state index contributed by atoms with van der Waals surface area (Å²) in [5, 5.41) is 17.1. The Kier molecular flexibility index (Phi) is 10.1. The zero-order chi connectivity index (χ0) is 29.9. The number of urea groups is 1. The fraction of sp³-hybridized carbons (Fsp3) is 0.233.